The Morgan fingerprint density at radius 2 is 1.85 bits per heavy atom. The molecule has 3 unspecified atom stereocenters. The summed E-state index contributed by atoms with van der Waals surface area (Å²) in [6.07, 6.45) is 4.39. The number of nitrogens with zero attached hydrogens (tertiary/aromatic N) is 3. The molecule has 1 aromatic heterocycles. The molecule has 3 heterocycles. The zero-order chi connectivity index (χ0) is 28.7. The van der Waals surface area contributed by atoms with Crippen LogP contribution in [-0.4, -0.2) is 63.3 Å². The summed E-state index contributed by atoms with van der Waals surface area (Å²) in [5.41, 5.74) is 8.58. The number of hydrogen-bond donors (Lipinski definition) is 3. The molecule has 0 bridgehead atoms. The number of nitrogens with one attached hydrogen (secondary N) is 2. The number of carbonyl (C=O) groups excluding carboxylic acids is 2. The van der Waals surface area contributed by atoms with E-state index in [1.165, 1.54) is 6.92 Å². The van der Waals surface area contributed by atoms with Crippen LogP contribution >= 0.6 is 23.2 Å². The van der Waals surface area contributed by atoms with Gasteiger partial charge >= 0.3 is 0 Å². The van der Waals surface area contributed by atoms with E-state index in [0.29, 0.717) is 61.2 Å². The molecule has 4 N–H and O–H groups in total. The number of piperazine rings is 1. The number of ketones is 1. The average Bonchev–Trinajstić information content (AvgIpc) is 3.43. The van der Waals surface area contributed by atoms with Crippen molar-refractivity contribution in [3.05, 3.63) is 86.9 Å². The summed E-state index contributed by atoms with van der Waals surface area (Å²) in [6.45, 7) is 7.99. The summed E-state index contributed by atoms with van der Waals surface area (Å²) >= 11 is 12.8. The Bertz CT molecular complexity index is 1390. The molecule has 0 aliphatic carbocycles. The number of benzene rings is 2. The highest BCUT2D eigenvalue weighted by molar-refractivity contribution is 6.42. The Morgan fingerprint density at radius 3 is 2.50 bits per heavy atom. The van der Waals surface area contributed by atoms with Gasteiger partial charge in [0.15, 0.2) is 5.78 Å². The number of rotatable bonds is 6. The summed E-state index contributed by atoms with van der Waals surface area (Å²) in [4.78, 5) is 39.6. The average molecular weight is 584 g/mol. The SMILES string of the molecule is CC(=O)N1CCNCC1(N)C1(C(=O)c2cc(C)cc(C)c2)CCN(Cc2ncc[nH]2)C(c2ccc(Cl)c(Cl)c2)C1. The fourth-order valence-corrected chi connectivity index (χ4v) is 6.98. The van der Waals surface area contributed by atoms with Crippen molar-refractivity contribution in [3.8, 4) is 0 Å². The van der Waals surface area contributed by atoms with E-state index in [-0.39, 0.29) is 17.7 Å². The van der Waals surface area contributed by atoms with E-state index in [2.05, 4.69) is 26.3 Å². The van der Waals surface area contributed by atoms with Gasteiger partial charge < -0.3 is 20.9 Å². The Kier molecular flexibility index (Phi) is 8.10. The topological polar surface area (TPSA) is 107 Å². The van der Waals surface area contributed by atoms with Crippen LogP contribution in [-0.2, 0) is 11.3 Å². The van der Waals surface area contributed by atoms with E-state index in [1.54, 1.807) is 23.4 Å². The van der Waals surface area contributed by atoms with Crippen LogP contribution < -0.4 is 11.1 Å². The molecule has 2 fully saturated rings. The zero-order valence-electron chi connectivity index (χ0n) is 23.1. The van der Waals surface area contributed by atoms with Crippen LogP contribution in [0, 0.1) is 19.3 Å². The molecule has 1 amide bonds. The highest BCUT2D eigenvalue weighted by Gasteiger charge is 2.61. The number of imidazole rings is 1. The van der Waals surface area contributed by atoms with Crippen molar-refractivity contribution >= 4 is 34.9 Å². The summed E-state index contributed by atoms with van der Waals surface area (Å²) in [7, 11) is 0. The number of aromatic nitrogens is 2. The second-order valence-electron chi connectivity index (χ2n) is 11.2. The van der Waals surface area contributed by atoms with Gasteiger partial charge in [0, 0.05) is 57.1 Å². The minimum Gasteiger partial charge on any atom is -0.348 e. The number of likely N-dealkylation sites (tertiary alicyclic amines) is 1. The van der Waals surface area contributed by atoms with Crippen molar-refractivity contribution in [2.75, 3.05) is 26.2 Å². The molecule has 3 aromatic rings. The number of aromatic amines is 1. The molecule has 0 spiro atoms. The standard InChI is InChI=1S/C30H36Cl2N6O2/c1-19-12-20(2)14-23(13-19)28(40)29(30(33)18-34-9-11-38(30)21(3)39)6-10-37(17-27-35-7-8-36-27)26(16-29)22-4-5-24(31)25(32)15-22/h4-5,7-8,12-15,26,34H,6,9-11,16-18,33H2,1-3H3,(H,35,36). The first-order valence-corrected chi connectivity index (χ1v) is 14.4. The Labute approximate surface area is 245 Å². The first-order valence-electron chi connectivity index (χ1n) is 13.6. The Hall–Kier alpha value is -2.75. The maximum absolute atomic E-state index is 14.9. The van der Waals surface area contributed by atoms with Gasteiger partial charge in [-0.05, 0) is 56.5 Å². The number of carbonyl (C=O) groups is 2. The predicted molar refractivity (Wildman–Crippen MR) is 157 cm³/mol. The Balaban J connectivity index is 1.67. The largest absolute Gasteiger partial charge is 0.348 e. The van der Waals surface area contributed by atoms with Crippen molar-refractivity contribution in [2.24, 2.45) is 11.1 Å². The molecule has 10 heteroatoms. The number of aryl methyl sites for hydroxylation is 2. The lowest BCUT2D eigenvalue weighted by atomic mass is 9.60. The summed E-state index contributed by atoms with van der Waals surface area (Å²) in [5.74, 6) is 0.644. The van der Waals surface area contributed by atoms with Crippen molar-refractivity contribution in [1.29, 1.82) is 0 Å². The van der Waals surface area contributed by atoms with Crippen molar-refractivity contribution < 1.29 is 9.59 Å². The van der Waals surface area contributed by atoms with Crippen LogP contribution in [0.3, 0.4) is 0 Å². The van der Waals surface area contributed by atoms with Crippen LogP contribution in [0.25, 0.3) is 0 Å². The lowest BCUT2D eigenvalue weighted by Gasteiger charge is -2.59. The van der Waals surface area contributed by atoms with Gasteiger partial charge in [0.2, 0.25) is 5.91 Å². The second-order valence-corrected chi connectivity index (χ2v) is 12.0. The van der Waals surface area contributed by atoms with E-state index in [4.69, 9.17) is 28.9 Å². The molecule has 2 aromatic carbocycles. The molecular formula is C30H36Cl2N6O2. The van der Waals surface area contributed by atoms with Crippen LogP contribution in [0.1, 0.15) is 58.7 Å². The van der Waals surface area contributed by atoms with E-state index < -0.39 is 11.1 Å². The number of hydrogen-bond acceptors (Lipinski definition) is 6. The van der Waals surface area contributed by atoms with Crippen LogP contribution in [0.2, 0.25) is 10.0 Å². The molecule has 2 saturated heterocycles. The van der Waals surface area contributed by atoms with E-state index in [9.17, 15) is 9.59 Å². The van der Waals surface area contributed by atoms with Gasteiger partial charge in [-0.15, -0.1) is 0 Å². The number of nitrogens with two attached hydrogens (primary N) is 1. The highest BCUT2D eigenvalue weighted by atomic mass is 35.5. The first kappa shape index (κ1) is 28.8. The van der Waals surface area contributed by atoms with Crippen molar-refractivity contribution in [3.63, 3.8) is 0 Å². The van der Waals surface area contributed by atoms with Gasteiger partial charge in [0.25, 0.3) is 0 Å². The monoisotopic (exact) mass is 582 g/mol. The molecule has 0 saturated carbocycles. The van der Waals surface area contributed by atoms with Crippen LogP contribution in [0.4, 0.5) is 0 Å². The minimum atomic E-state index is -1.24. The van der Waals surface area contributed by atoms with Gasteiger partial charge in [-0.25, -0.2) is 4.98 Å². The lowest BCUT2D eigenvalue weighted by Crippen LogP contribution is -2.78. The zero-order valence-corrected chi connectivity index (χ0v) is 24.6. The lowest BCUT2D eigenvalue weighted by molar-refractivity contribution is -0.146. The summed E-state index contributed by atoms with van der Waals surface area (Å²) in [6, 6.07) is 11.3. The van der Waals surface area contributed by atoms with Gasteiger partial charge in [-0.2, -0.15) is 0 Å². The van der Waals surface area contributed by atoms with E-state index >= 15 is 0 Å². The minimum absolute atomic E-state index is 0.0422. The van der Waals surface area contributed by atoms with Gasteiger partial charge in [-0.1, -0.05) is 46.5 Å². The summed E-state index contributed by atoms with van der Waals surface area (Å²) in [5, 5.41) is 4.30. The number of Topliss-reactive ketones (excluding diaryl/α,β-unsaturated/α-hetero) is 1. The first-order chi connectivity index (χ1) is 19.0. The number of H-pyrrole nitrogens is 1. The van der Waals surface area contributed by atoms with E-state index in [1.807, 2.05) is 38.1 Å². The molecular weight excluding hydrogens is 547 g/mol. The van der Waals surface area contributed by atoms with Gasteiger partial charge in [-0.3, -0.25) is 14.5 Å². The third kappa shape index (κ3) is 5.19. The smallest absolute Gasteiger partial charge is 0.221 e. The molecule has 3 atom stereocenters. The molecule has 5 rings (SSSR count). The molecule has 8 nitrogen and oxygen atoms in total. The molecule has 2 aliphatic heterocycles. The summed E-state index contributed by atoms with van der Waals surface area (Å²) < 4.78 is 0. The molecule has 0 radical (unpaired) electrons. The molecule has 2 aliphatic rings. The maximum Gasteiger partial charge on any atom is 0.221 e. The third-order valence-electron chi connectivity index (χ3n) is 8.56. The second kappa shape index (κ2) is 11.3. The van der Waals surface area contributed by atoms with Crippen molar-refractivity contribution in [2.45, 2.75) is 51.9 Å². The fraction of sp³-hybridized carbons (Fsp3) is 0.433. The van der Waals surface area contributed by atoms with E-state index in [0.717, 1.165) is 22.5 Å². The van der Waals surface area contributed by atoms with Crippen LogP contribution in [0.5, 0.6) is 0 Å². The van der Waals surface area contributed by atoms with Crippen LogP contribution in [0.15, 0.2) is 48.8 Å². The van der Waals surface area contributed by atoms with Crippen molar-refractivity contribution in [1.82, 2.24) is 25.1 Å². The Morgan fingerprint density at radius 1 is 1.10 bits per heavy atom. The normalized spacial score (nSPS) is 25.6. The van der Waals surface area contributed by atoms with Gasteiger partial charge in [0.05, 0.1) is 22.0 Å². The number of piperidine rings is 1. The molecule has 40 heavy (non-hydrogen) atoms. The quantitative estimate of drug-likeness (QED) is 0.365. The predicted octanol–water partition coefficient (Wildman–Crippen LogP) is 4.65. The number of amides is 1. The maximum atomic E-state index is 14.9. The third-order valence-corrected chi connectivity index (χ3v) is 9.30. The van der Waals surface area contributed by atoms with Gasteiger partial charge in [0.1, 0.15) is 11.5 Å². The highest BCUT2D eigenvalue weighted by Crippen LogP contribution is 2.51. The number of halogens is 2. The fourth-order valence-electron chi connectivity index (χ4n) is 6.67. The molecule has 212 valence electrons.